The van der Waals surface area contributed by atoms with Crippen LogP contribution in [0, 0.1) is 10.7 Å². The Balaban J connectivity index is 1.79. The molecule has 3 nitrogen and oxygen atoms in total. The number of aromatic nitrogens is 2. The third kappa shape index (κ3) is 1.91. The summed E-state index contributed by atoms with van der Waals surface area (Å²) in [5.74, 6) is 0.806. The fraction of sp³-hybridized carbons (Fsp3) is 0.600. The summed E-state index contributed by atoms with van der Waals surface area (Å²) in [7, 11) is 0. The van der Waals surface area contributed by atoms with E-state index in [4.69, 9.17) is 12.2 Å². The molecule has 0 aliphatic heterocycles. The zero-order valence-electron chi connectivity index (χ0n) is 11.4. The predicted octanol–water partition coefficient (Wildman–Crippen LogP) is 3.80. The molecule has 1 N–H and O–H groups in total. The zero-order chi connectivity index (χ0) is 13.7. The summed E-state index contributed by atoms with van der Waals surface area (Å²) in [6.07, 6.45) is 8.45. The molecule has 2 aliphatic carbocycles. The number of fused-ring (bicyclic) bond motifs is 3. The number of aromatic amines is 1. The SMILES string of the molecule is O=c1c2c3c(sc2[nH]c(=S)n1CCC1CCC1)CCC3. The maximum absolute atomic E-state index is 12.8. The third-order valence-electron chi connectivity index (χ3n) is 4.83. The van der Waals surface area contributed by atoms with Gasteiger partial charge in [-0.3, -0.25) is 9.36 Å². The van der Waals surface area contributed by atoms with Crippen LogP contribution in [0.1, 0.15) is 42.5 Å². The highest BCUT2D eigenvalue weighted by Crippen LogP contribution is 2.34. The highest BCUT2D eigenvalue weighted by Gasteiger charge is 2.22. The Labute approximate surface area is 126 Å². The van der Waals surface area contributed by atoms with Gasteiger partial charge in [-0.25, -0.2) is 0 Å². The van der Waals surface area contributed by atoms with Crippen LogP contribution in [-0.2, 0) is 19.4 Å². The first-order valence-corrected chi connectivity index (χ1v) is 8.74. The molecule has 0 amide bonds. The average Bonchev–Trinajstić information content (AvgIpc) is 2.90. The molecule has 0 unspecified atom stereocenters. The molecule has 0 saturated heterocycles. The monoisotopic (exact) mass is 306 g/mol. The number of nitrogens with one attached hydrogen (secondary N) is 1. The van der Waals surface area contributed by atoms with Gasteiger partial charge < -0.3 is 4.98 Å². The first-order chi connectivity index (χ1) is 9.74. The largest absolute Gasteiger partial charge is 0.323 e. The first-order valence-electron chi connectivity index (χ1n) is 7.51. The second-order valence-corrected chi connectivity index (χ2v) is 7.53. The molecule has 1 fully saturated rings. The van der Waals surface area contributed by atoms with Gasteiger partial charge in [0.1, 0.15) is 4.83 Å². The maximum Gasteiger partial charge on any atom is 0.263 e. The van der Waals surface area contributed by atoms with Gasteiger partial charge >= 0.3 is 0 Å². The Morgan fingerprint density at radius 2 is 2.15 bits per heavy atom. The molecule has 2 aromatic rings. The van der Waals surface area contributed by atoms with E-state index in [0.717, 1.165) is 41.9 Å². The number of hydrogen-bond donors (Lipinski definition) is 1. The van der Waals surface area contributed by atoms with E-state index in [1.807, 2.05) is 0 Å². The lowest BCUT2D eigenvalue weighted by Crippen LogP contribution is -2.24. The standard InChI is InChI=1S/C15H18N2OS2/c18-14-12-10-5-2-6-11(10)20-13(12)16-15(19)17(14)8-7-9-3-1-4-9/h9H,1-8H2,(H,16,19). The molecule has 0 aromatic carbocycles. The van der Waals surface area contributed by atoms with Gasteiger partial charge in [0.2, 0.25) is 0 Å². The molecule has 1 saturated carbocycles. The highest BCUT2D eigenvalue weighted by molar-refractivity contribution is 7.71. The van der Waals surface area contributed by atoms with Crippen molar-refractivity contribution in [1.29, 1.82) is 0 Å². The van der Waals surface area contributed by atoms with Crippen molar-refractivity contribution >= 4 is 33.8 Å². The number of H-pyrrole nitrogens is 1. The fourth-order valence-corrected chi connectivity index (χ4v) is 5.03. The molecular formula is C15H18N2OS2. The van der Waals surface area contributed by atoms with E-state index in [1.54, 1.807) is 15.9 Å². The van der Waals surface area contributed by atoms with E-state index in [9.17, 15) is 4.79 Å². The number of hydrogen-bond acceptors (Lipinski definition) is 3. The van der Waals surface area contributed by atoms with Crippen LogP contribution in [0.4, 0.5) is 0 Å². The Bertz CT molecular complexity index is 779. The van der Waals surface area contributed by atoms with E-state index in [0.29, 0.717) is 4.77 Å². The number of nitrogens with zero attached hydrogens (tertiary/aromatic N) is 1. The summed E-state index contributed by atoms with van der Waals surface area (Å²) in [4.78, 5) is 18.4. The van der Waals surface area contributed by atoms with Gasteiger partial charge in [-0.1, -0.05) is 19.3 Å². The minimum atomic E-state index is 0.141. The lowest BCUT2D eigenvalue weighted by atomic mass is 9.83. The van der Waals surface area contributed by atoms with E-state index in [2.05, 4.69) is 4.98 Å². The molecule has 0 spiro atoms. The molecule has 0 radical (unpaired) electrons. The molecular weight excluding hydrogens is 288 g/mol. The molecule has 20 heavy (non-hydrogen) atoms. The van der Waals surface area contributed by atoms with Crippen LogP contribution < -0.4 is 5.56 Å². The predicted molar refractivity (Wildman–Crippen MR) is 85.3 cm³/mol. The summed E-state index contributed by atoms with van der Waals surface area (Å²) >= 11 is 7.12. The van der Waals surface area contributed by atoms with Crippen molar-refractivity contribution in [3.8, 4) is 0 Å². The lowest BCUT2D eigenvalue weighted by Gasteiger charge is -2.25. The van der Waals surface area contributed by atoms with E-state index in [-0.39, 0.29) is 5.56 Å². The number of thiophene rings is 1. The summed E-state index contributed by atoms with van der Waals surface area (Å²) < 4.78 is 2.39. The van der Waals surface area contributed by atoms with E-state index in [1.165, 1.54) is 36.1 Å². The summed E-state index contributed by atoms with van der Waals surface area (Å²) in [5.41, 5.74) is 1.43. The van der Waals surface area contributed by atoms with Crippen molar-refractivity contribution in [2.24, 2.45) is 5.92 Å². The first kappa shape index (κ1) is 12.8. The van der Waals surface area contributed by atoms with Crippen LogP contribution in [0.25, 0.3) is 10.2 Å². The summed E-state index contributed by atoms with van der Waals surface area (Å²) in [6, 6.07) is 0. The molecule has 2 aromatic heterocycles. The second-order valence-electron chi connectivity index (χ2n) is 6.03. The van der Waals surface area contributed by atoms with Crippen molar-refractivity contribution in [3.63, 3.8) is 0 Å². The highest BCUT2D eigenvalue weighted by atomic mass is 32.1. The fourth-order valence-electron chi connectivity index (χ4n) is 3.41. The smallest absolute Gasteiger partial charge is 0.263 e. The van der Waals surface area contributed by atoms with Crippen molar-refractivity contribution in [3.05, 3.63) is 25.6 Å². The Kier molecular flexibility index (Phi) is 3.07. The van der Waals surface area contributed by atoms with Crippen LogP contribution in [0.15, 0.2) is 4.79 Å². The molecule has 106 valence electrons. The quantitative estimate of drug-likeness (QED) is 0.876. The minimum absolute atomic E-state index is 0.141. The summed E-state index contributed by atoms with van der Waals surface area (Å²) in [6.45, 7) is 0.777. The molecule has 5 heteroatoms. The van der Waals surface area contributed by atoms with E-state index >= 15 is 0 Å². The van der Waals surface area contributed by atoms with Gasteiger partial charge in [0.25, 0.3) is 5.56 Å². The third-order valence-corrected chi connectivity index (χ3v) is 6.36. The Morgan fingerprint density at radius 3 is 2.90 bits per heavy atom. The Hall–Kier alpha value is -0.940. The molecule has 2 heterocycles. The molecule has 4 rings (SSSR count). The Morgan fingerprint density at radius 1 is 1.30 bits per heavy atom. The van der Waals surface area contributed by atoms with Crippen LogP contribution in [0.2, 0.25) is 0 Å². The van der Waals surface area contributed by atoms with Crippen molar-refractivity contribution < 1.29 is 0 Å². The van der Waals surface area contributed by atoms with Gasteiger partial charge in [-0.2, -0.15) is 0 Å². The van der Waals surface area contributed by atoms with Gasteiger partial charge in [-0.15, -0.1) is 11.3 Å². The molecule has 0 bridgehead atoms. The van der Waals surface area contributed by atoms with Crippen molar-refractivity contribution in [2.75, 3.05) is 0 Å². The van der Waals surface area contributed by atoms with Crippen LogP contribution >= 0.6 is 23.6 Å². The minimum Gasteiger partial charge on any atom is -0.323 e. The lowest BCUT2D eigenvalue weighted by molar-refractivity contribution is 0.280. The zero-order valence-corrected chi connectivity index (χ0v) is 13.0. The molecule has 0 atom stereocenters. The van der Waals surface area contributed by atoms with Crippen molar-refractivity contribution in [1.82, 2.24) is 9.55 Å². The van der Waals surface area contributed by atoms with Crippen LogP contribution in [0.5, 0.6) is 0 Å². The molecule has 2 aliphatic rings. The maximum atomic E-state index is 12.8. The average molecular weight is 306 g/mol. The normalized spacial score (nSPS) is 18.4. The summed E-state index contributed by atoms with van der Waals surface area (Å²) in [5, 5.41) is 0.921. The van der Waals surface area contributed by atoms with Gasteiger partial charge in [0.15, 0.2) is 4.77 Å². The second kappa shape index (κ2) is 4.81. The van der Waals surface area contributed by atoms with Crippen molar-refractivity contribution in [2.45, 2.75) is 51.5 Å². The number of aryl methyl sites for hydroxylation is 2. The van der Waals surface area contributed by atoms with E-state index < -0.39 is 0 Å². The number of rotatable bonds is 3. The topological polar surface area (TPSA) is 37.8 Å². The van der Waals surface area contributed by atoms with Gasteiger partial charge in [-0.05, 0) is 49.4 Å². The van der Waals surface area contributed by atoms with Crippen LogP contribution in [-0.4, -0.2) is 9.55 Å². The van der Waals surface area contributed by atoms with Gasteiger partial charge in [0.05, 0.1) is 5.39 Å². The van der Waals surface area contributed by atoms with Gasteiger partial charge in [0, 0.05) is 11.4 Å². The van der Waals surface area contributed by atoms with Crippen LogP contribution in [0.3, 0.4) is 0 Å².